The fourth-order valence-corrected chi connectivity index (χ4v) is 3.23. The summed E-state index contributed by atoms with van der Waals surface area (Å²) >= 11 is 0. The minimum Gasteiger partial charge on any atom is -0.427 e. The van der Waals surface area contributed by atoms with Gasteiger partial charge in [-0.2, -0.15) is 0 Å². The minimum absolute atomic E-state index is 0.178. The lowest BCUT2D eigenvalue weighted by molar-refractivity contribution is -0.126. The third-order valence-electron chi connectivity index (χ3n) is 4.51. The first-order valence-corrected chi connectivity index (χ1v) is 11.7. The van der Waals surface area contributed by atoms with E-state index in [0.717, 1.165) is 32.1 Å². The second-order valence-electron chi connectivity index (χ2n) is 7.10. The molecule has 9 nitrogen and oxygen atoms in total. The van der Waals surface area contributed by atoms with Crippen molar-refractivity contribution in [3.8, 4) is 5.75 Å². The molecule has 0 aliphatic carbocycles. The zero-order chi connectivity index (χ0) is 23.1. The molecule has 31 heavy (non-hydrogen) atoms. The van der Waals surface area contributed by atoms with E-state index in [4.69, 9.17) is 25.8 Å². The van der Waals surface area contributed by atoms with Crippen LogP contribution in [0.1, 0.15) is 63.1 Å². The molecule has 176 valence electrons. The van der Waals surface area contributed by atoms with Gasteiger partial charge in [0.25, 0.3) is 5.91 Å². The van der Waals surface area contributed by atoms with Crippen LogP contribution in [0.25, 0.3) is 0 Å². The van der Waals surface area contributed by atoms with Crippen molar-refractivity contribution >= 4 is 26.1 Å². The van der Waals surface area contributed by atoms with E-state index in [1.165, 1.54) is 18.2 Å². The van der Waals surface area contributed by atoms with Gasteiger partial charge in [-0.3, -0.25) is 9.59 Å². The van der Waals surface area contributed by atoms with Crippen molar-refractivity contribution in [2.24, 2.45) is 11.5 Å². The van der Waals surface area contributed by atoms with Crippen LogP contribution in [0, 0.1) is 0 Å². The van der Waals surface area contributed by atoms with E-state index < -0.39 is 20.7 Å². The van der Waals surface area contributed by atoms with Gasteiger partial charge in [0.15, 0.2) is 0 Å². The number of unbranched alkanes of at least 4 members (excludes halogenated alkanes) is 5. The fourth-order valence-electron chi connectivity index (χ4n) is 2.89. The van der Waals surface area contributed by atoms with Crippen LogP contribution >= 0.6 is 8.60 Å². The second-order valence-corrected chi connectivity index (χ2v) is 7.79. The Kier molecular flexibility index (Phi) is 13.9. The summed E-state index contributed by atoms with van der Waals surface area (Å²) < 4.78 is 19.7. The second kappa shape index (κ2) is 15.9. The smallest absolute Gasteiger partial charge is 0.391 e. The molecule has 0 saturated heterocycles. The predicted octanol–water partition coefficient (Wildman–Crippen LogP) is 2.38. The Bertz CT molecular complexity index is 681. The highest BCUT2D eigenvalue weighted by atomic mass is 31.2. The first kappa shape index (κ1) is 27.2. The van der Waals surface area contributed by atoms with Crippen molar-refractivity contribution in [2.45, 2.75) is 57.5 Å². The van der Waals surface area contributed by atoms with Crippen LogP contribution in [0.4, 0.5) is 10.1 Å². The molecule has 0 aliphatic rings. The molecule has 2 amide bonds. The van der Waals surface area contributed by atoms with Gasteiger partial charge in [0.1, 0.15) is 5.75 Å². The number of nitrogens with one attached hydrogen (secondary N) is 2. The van der Waals surface area contributed by atoms with Crippen molar-refractivity contribution in [3.63, 3.8) is 0 Å². The van der Waals surface area contributed by atoms with Gasteiger partial charge in [-0.05, 0) is 57.0 Å². The number of anilines is 1. The molecule has 1 rings (SSSR count). The molecule has 8 N–H and O–H groups in total. The lowest BCUT2D eigenvalue weighted by atomic mass is 10.1. The maximum Gasteiger partial charge on any atom is 0.391 e. The molecule has 0 aliphatic heterocycles. The summed E-state index contributed by atoms with van der Waals surface area (Å²) in [5.41, 5.74) is 10.9. The number of carbonyl (C=O) groups is 2. The molecule has 1 aromatic carbocycles. The summed E-state index contributed by atoms with van der Waals surface area (Å²) in [5, 5.41) is 5.17. The molecule has 1 unspecified atom stereocenters. The average molecular weight is 460 g/mol. The predicted molar refractivity (Wildman–Crippen MR) is 119 cm³/mol. The highest BCUT2D eigenvalue weighted by molar-refractivity contribution is 7.39. The molecule has 0 aromatic heterocycles. The van der Waals surface area contributed by atoms with Gasteiger partial charge in [-0.1, -0.05) is 19.3 Å². The zero-order valence-electron chi connectivity index (χ0n) is 17.7. The number of hydrogen-bond acceptors (Lipinski definition) is 7. The van der Waals surface area contributed by atoms with Crippen LogP contribution in [-0.4, -0.2) is 41.2 Å². The van der Waals surface area contributed by atoms with Crippen LogP contribution in [-0.2, 0) is 9.59 Å². The van der Waals surface area contributed by atoms with Crippen molar-refractivity contribution in [2.75, 3.05) is 25.0 Å². The van der Waals surface area contributed by atoms with Gasteiger partial charge in [0, 0.05) is 24.2 Å². The Balaban J connectivity index is 2.76. The number of amides is 2. The maximum atomic E-state index is 14.9. The van der Waals surface area contributed by atoms with Gasteiger partial charge < -0.3 is 36.4 Å². The van der Waals surface area contributed by atoms with Crippen LogP contribution in [0.5, 0.6) is 5.75 Å². The molecule has 1 aromatic rings. The van der Waals surface area contributed by atoms with E-state index in [9.17, 15) is 14.0 Å². The van der Waals surface area contributed by atoms with Crippen molar-refractivity contribution in [1.29, 1.82) is 0 Å². The molecular weight excluding hydrogens is 426 g/mol. The van der Waals surface area contributed by atoms with Crippen LogP contribution < -0.4 is 26.6 Å². The quantitative estimate of drug-likeness (QED) is 0.163. The molecule has 0 fully saturated rings. The van der Waals surface area contributed by atoms with Crippen LogP contribution in [0.2, 0.25) is 0 Å². The van der Waals surface area contributed by atoms with Crippen LogP contribution in [0.15, 0.2) is 18.2 Å². The molecule has 0 saturated carbocycles. The molecule has 0 spiro atoms. The number of rotatable bonds is 16. The highest BCUT2D eigenvalue weighted by Crippen LogP contribution is 2.37. The average Bonchev–Trinajstić information content (AvgIpc) is 2.73. The van der Waals surface area contributed by atoms with E-state index in [-0.39, 0.29) is 29.3 Å². The van der Waals surface area contributed by atoms with Gasteiger partial charge in [-0.25, -0.2) is 4.39 Å². The number of alkyl halides is 1. The summed E-state index contributed by atoms with van der Waals surface area (Å²) in [5.74, 6) is -1.29. The van der Waals surface area contributed by atoms with Gasteiger partial charge in [-0.15, -0.1) is 0 Å². The largest absolute Gasteiger partial charge is 0.427 e. The molecule has 0 heterocycles. The van der Waals surface area contributed by atoms with Gasteiger partial charge >= 0.3 is 8.60 Å². The summed E-state index contributed by atoms with van der Waals surface area (Å²) in [6.07, 6.45) is 3.93. The molecule has 1 atom stereocenters. The standard InChI is InChI=1S/C20H34FN4O5P/c21-19(20(27)24-13-7-2-1-5-11-22)16-14-15(9-10-17(16)30-31(28)29)25-18(26)8-4-3-6-12-23/h9-10,14,19,28-29H,1-8,11-13,22-23H2,(H,24,27)(H,25,26). The summed E-state index contributed by atoms with van der Waals surface area (Å²) in [6.45, 7) is 1.49. The molecule has 0 radical (unpaired) electrons. The topological polar surface area (TPSA) is 160 Å². The van der Waals surface area contributed by atoms with Gasteiger partial charge in [0.2, 0.25) is 12.1 Å². The number of halogens is 1. The fraction of sp³-hybridized carbons (Fsp3) is 0.600. The first-order chi connectivity index (χ1) is 14.9. The highest BCUT2D eigenvalue weighted by Gasteiger charge is 2.25. The Morgan fingerprint density at radius 1 is 1.03 bits per heavy atom. The third-order valence-corrected chi connectivity index (χ3v) is 4.87. The lowest BCUT2D eigenvalue weighted by Crippen LogP contribution is -2.28. The Labute approximate surface area is 183 Å². The van der Waals surface area contributed by atoms with Gasteiger partial charge in [0.05, 0.1) is 0 Å². The van der Waals surface area contributed by atoms with Crippen molar-refractivity contribution in [1.82, 2.24) is 5.32 Å². The maximum absolute atomic E-state index is 14.9. The first-order valence-electron chi connectivity index (χ1n) is 10.5. The molecule has 11 heteroatoms. The van der Waals surface area contributed by atoms with E-state index in [1.54, 1.807) is 0 Å². The Hall–Kier alpha value is -1.84. The number of nitrogens with two attached hydrogens (primary N) is 2. The number of hydrogen-bond donors (Lipinski definition) is 6. The monoisotopic (exact) mass is 460 g/mol. The van der Waals surface area contributed by atoms with E-state index in [2.05, 4.69) is 10.6 Å². The summed E-state index contributed by atoms with van der Waals surface area (Å²) in [4.78, 5) is 42.6. The molecule has 0 bridgehead atoms. The van der Waals surface area contributed by atoms with E-state index in [0.29, 0.717) is 32.5 Å². The number of carbonyl (C=O) groups excluding carboxylic acids is 2. The summed E-state index contributed by atoms with van der Waals surface area (Å²) in [6, 6.07) is 3.99. The Morgan fingerprint density at radius 3 is 2.32 bits per heavy atom. The minimum atomic E-state index is -2.80. The third kappa shape index (κ3) is 11.4. The molecular formula is C20H34FN4O5P. The van der Waals surface area contributed by atoms with E-state index >= 15 is 0 Å². The van der Waals surface area contributed by atoms with Crippen molar-refractivity contribution < 1.29 is 28.3 Å². The van der Waals surface area contributed by atoms with E-state index in [1.807, 2.05) is 0 Å². The SMILES string of the molecule is NCCCCCCNC(=O)C(F)c1cc(NC(=O)CCCCCN)ccc1OP(O)O. The van der Waals surface area contributed by atoms with Crippen molar-refractivity contribution in [3.05, 3.63) is 23.8 Å². The normalized spacial score (nSPS) is 11.9. The number of benzene rings is 1. The summed E-state index contributed by atoms with van der Waals surface area (Å²) in [7, 11) is -2.80. The lowest BCUT2D eigenvalue weighted by Gasteiger charge is -2.16. The zero-order valence-corrected chi connectivity index (χ0v) is 18.6. The van der Waals surface area contributed by atoms with Crippen LogP contribution in [0.3, 0.4) is 0 Å². The Morgan fingerprint density at radius 2 is 1.68 bits per heavy atom.